The fraction of sp³-hybridized carbons (Fsp3) is 0.0385. The van der Waals surface area contributed by atoms with Crippen LogP contribution in [-0.2, 0) is 0 Å². The zero-order valence-corrected chi connectivity index (χ0v) is 18.9. The molecule has 0 aliphatic carbocycles. The lowest BCUT2D eigenvalue weighted by Crippen LogP contribution is -2.18. The molecule has 0 fully saturated rings. The number of rotatable bonds is 5. The molecule has 4 rings (SSSR count). The number of pyridine rings is 1. The molecule has 1 heterocycles. The predicted octanol–water partition coefficient (Wildman–Crippen LogP) is 6.32. The molecule has 3 aromatic carbocycles. The molecule has 1 aromatic heterocycles. The third-order valence-electron chi connectivity index (χ3n) is 4.99. The molecule has 0 spiro atoms. The Morgan fingerprint density at radius 2 is 1.50 bits per heavy atom. The van der Waals surface area contributed by atoms with Gasteiger partial charge < -0.3 is 10.6 Å². The largest absolute Gasteiger partial charge is 0.321 e. The summed E-state index contributed by atoms with van der Waals surface area (Å²) in [5, 5.41) is 5.59. The minimum atomic E-state index is -0.356. The van der Waals surface area contributed by atoms with Crippen LogP contribution in [0.15, 0.2) is 95.6 Å². The van der Waals surface area contributed by atoms with E-state index in [1.807, 2.05) is 24.3 Å². The smallest absolute Gasteiger partial charge is 0.258 e. The summed E-state index contributed by atoms with van der Waals surface area (Å²) in [5.41, 5.74) is 4.62. The number of halogens is 1. The monoisotopic (exact) mass is 485 g/mol. The molecule has 0 aliphatic heterocycles. The molecule has 0 saturated heterocycles. The Balaban J connectivity index is 1.51. The van der Waals surface area contributed by atoms with Crippen LogP contribution in [0.4, 0.5) is 11.5 Å². The van der Waals surface area contributed by atoms with Gasteiger partial charge in [-0.1, -0.05) is 48.5 Å². The number of aromatic nitrogens is 1. The maximum Gasteiger partial charge on any atom is 0.258 e. The van der Waals surface area contributed by atoms with Crippen LogP contribution in [0.25, 0.3) is 11.1 Å². The fourth-order valence-electron chi connectivity index (χ4n) is 3.32. The Hall–Kier alpha value is -3.77. The van der Waals surface area contributed by atoms with Gasteiger partial charge in [0, 0.05) is 16.2 Å². The van der Waals surface area contributed by atoms with Gasteiger partial charge in [-0.15, -0.1) is 0 Å². The third-order valence-corrected chi connectivity index (χ3v) is 5.46. The van der Waals surface area contributed by atoms with Crippen LogP contribution >= 0.6 is 15.9 Å². The van der Waals surface area contributed by atoms with E-state index in [0.29, 0.717) is 22.6 Å². The zero-order valence-electron chi connectivity index (χ0n) is 17.3. The van der Waals surface area contributed by atoms with E-state index < -0.39 is 0 Å². The zero-order chi connectivity index (χ0) is 22.5. The van der Waals surface area contributed by atoms with Gasteiger partial charge >= 0.3 is 0 Å². The number of carbonyl (C=O) groups is 2. The van der Waals surface area contributed by atoms with Crippen molar-refractivity contribution in [2.75, 3.05) is 10.6 Å². The third kappa shape index (κ3) is 4.92. The van der Waals surface area contributed by atoms with Crippen molar-refractivity contribution < 1.29 is 9.59 Å². The van der Waals surface area contributed by atoms with Gasteiger partial charge in [-0.3, -0.25) is 9.59 Å². The van der Waals surface area contributed by atoms with Crippen molar-refractivity contribution in [1.82, 2.24) is 4.98 Å². The summed E-state index contributed by atoms with van der Waals surface area (Å²) in [5.74, 6) is -0.222. The SMILES string of the molecule is Cc1ccccc1-c1ccc(C(=O)Nc2ccccc2C(=O)Nc2ccc(Br)cn2)cc1. The summed E-state index contributed by atoms with van der Waals surface area (Å²) < 4.78 is 0.816. The van der Waals surface area contributed by atoms with E-state index in [4.69, 9.17) is 0 Å². The van der Waals surface area contributed by atoms with Crippen LogP contribution < -0.4 is 10.6 Å². The molecule has 5 nitrogen and oxygen atoms in total. The second-order valence-electron chi connectivity index (χ2n) is 7.21. The Labute approximate surface area is 194 Å². The number of anilines is 2. The van der Waals surface area contributed by atoms with Gasteiger partial charge in [0.05, 0.1) is 11.3 Å². The molecule has 158 valence electrons. The van der Waals surface area contributed by atoms with Crippen LogP contribution in [0.1, 0.15) is 26.3 Å². The molecule has 0 atom stereocenters. The Morgan fingerprint density at radius 3 is 2.22 bits per heavy atom. The second kappa shape index (κ2) is 9.58. The van der Waals surface area contributed by atoms with E-state index in [2.05, 4.69) is 50.6 Å². The first kappa shape index (κ1) is 21.5. The molecular weight excluding hydrogens is 466 g/mol. The van der Waals surface area contributed by atoms with E-state index in [0.717, 1.165) is 15.6 Å². The lowest BCUT2D eigenvalue weighted by Gasteiger charge is -2.12. The number of para-hydroxylation sites is 1. The van der Waals surface area contributed by atoms with Crippen molar-refractivity contribution in [2.45, 2.75) is 6.92 Å². The summed E-state index contributed by atoms with van der Waals surface area (Å²) in [7, 11) is 0. The van der Waals surface area contributed by atoms with E-state index in [1.165, 1.54) is 5.56 Å². The summed E-state index contributed by atoms with van der Waals surface area (Å²) >= 11 is 3.32. The van der Waals surface area contributed by atoms with Crippen LogP contribution in [0.3, 0.4) is 0 Å². The molecule has 2 N–H and O–H groups in total. The maximum atomic E-state index is 12.8. The molecule has 0 saturated carbocycles. The highest BCUT2D eigenvalue weighted by atomic mass is 79.9. The molecule has 2 amide bonds. The fourth-order valence-corrected chi connectivity index (χ4v) is 3.55. The van der Waals surface area contributed by atoms with Crippen molar-refractivity contribution in [2.24, 2.45) is 0 Å². The van der Waals surface area contributed by atoms with Crippen molar-refractivity contribution in [3.05, 3.63) is 112 Å². The van der Waals surface area contributed by atoms with Crippen molar-refractivity contribution >= 4 is 39.2 Å². The van der Waals surface area contributed by atoms with Crippen LogP contribution in [-0.4, -0.2) is 16.8 Å². The summed E-state index contributed by atoms with van der Waals surface area (Å²) in [4.78, 5) is 29.8. The Bertz CT molecular complexity index is 1270. The number of aryl methyl sites for hydroxylation is 1. The number of amides is 2. The quantitative estimate of drug-likeness (QED) is 0.347. The molecule has 0 bridgehead atoms. The number of carbonyl (C=O) groups excluding carboxylic acids is 2. The molecule has 4 aromatic rings. The minimum Gasteiger partial charge on any atom is -0.321 e. The average Bonchev–Trinajstić information content (AvgIpc) is 2.81. The minimum absolute atomic E-state index is 0.289. The molecular formula is C26H20BrN3O2. The van der Waals surface area contributed by atoms with E-state index in [-0.39, 0.29) is 11.8 Å². The molecule has 32 heavy (non-hydrogen) atoms. The topological polar surface area (TPSA) is 71.1 Å². The number of hydrogen-bond acceptors (Lipinski definition) is 3. The lowest BCUT2D eigenvalue weighted by atomic mass is 9.99. The summed E-state index contributed by atoms with van der Waals surface area (Å²) in [6.07, 6.45) is 1.60. The van der Waals surface area contributed by atoms with E-state index in [1.54, 1.807) is 54.7 Å². The van der Waals surface area contributed by atoms with Gasteiger partial charge in [0.25, 0.3) is 11.8 Å². The number of benzene rings is 3. The first-order valence-electron chi connectivity index (χ1n) is 10.0. The Kier molecular flexibility index (Phi) is 6.42. The maximum absolute atomic E-state index is 12.8. The van der Waals surface area contributed by atoms with Crippen LogP contribution in [0, 0.1) is 6.92 Å². The molecule has 0 unspecified atom stereocenters. The number of nitrogens with zero attached hydrogens (tertiary/aromatic N) is 1. The standard InChI is InChI=1S/C26H20BrN3O2/c1-17-6-2-3-7-21(17)18-10-12-19(13-11-18)25(31)29-23-9-5-4-8-22(23)26(32)30-24-15-14-20(27)16-28-24/h2-16H,1H3,(H,29,31)(H,28,30,32). The van der Waals surface area contributed by atoms with Crippen molar-refractivity contribution in [1.29, 1.82) is 0 Å². The Morgan fingerprint density at radius 1 is 0.781 bits per heavy atom. The second-order valence-corrected chi connectivity index (χ2v) is 8.12. The van der Waals surface area contributed by atoms with Crippen molar-refractivity contribution in [3.63, 3.8) is 0 Å². The first-order valence-corrected chi connectivity index (χ1v) is 10.8. The summed E-state index contributed by atoms with van der Waals surface area (Å²) in [6, 6.07) is 25.9. The van der Waals surface area contributed by atoms with Gasteiger partial charge in [-0.25, -0.2) is 4.98 Å². The summed E-state index contributed by atoms with van der Waals surface area (Å²) in [6.45, 7) is 2.06. The predicted molar refractivity (Wildman–Crippen MR) is 131 cm³/mol. The highest BCUT2D eigenvalue weighted by molar-refractivity contribution is 9.10. The van der Waals surface area contributed by atoms with Gasteiger partial charge in [0.1, 0.15) is 5.82 Å². The molecule has 0 radical (unpaired) electrons. The van der Waals surface area contributed by atoms with Gasteiger partial charge in [-0.05, 0) is 75.9 Å². The van der Waals surface area contributed by atoms with E-state index in [9.17, 15) is 9.59 Å². The first-order chi connectivity index (χ1) is 15.5. The molecule has 0 aliphatic rings. The number of nitrogens with one attached hydrogen (secondary N) is 2. The van der Waals surface area contributed by atoms with E-state index >= 15 is 0 Å². The van der Waals surface area contributed by atoms with Crippen LogP contribution in [0.5, 0.6) is 0 Å². The number of hydrogen-bond donors (Lipinski definition) is 2. The van der Waals surface area contributed by atoms with Crippen molar-refractivity contribution in [3.8, 4) is 11.1 Å². The van der Waals surface area contributed by atoms with Gasteiger partial charge in [-0.2, -0.15) is 0 Å². The van der Waals surface area contributed by atoms with Gasteiger partial charge in [0.2, 0.25) is 0 Å². The highest BCUT2D eigenvalue weighted by Crippen LogP contribution is 2.24. The van der Waals surface area contributed by atoms with Gasteiger partial charge in [0.15, 0.2) is 0 Å². The van der Waals surface area contributed by atoms with Crippen LogP contribution in [0.2, 0.25) is 0 Å². The average molecular weight is 486 g/mol. The highest BCUT2D eigenvalue weighted by Gasteiger charge is 2.15. The normalized spacial score (nSPS) is 10.4. The lowest BCUT2D eigenvalue weighted by molar-refractivity contribution is 0.102. The molecule has 6 heteroatoms.